The number of carbonyl (C=O) groups is 1. The molecular formula is C13H4Cl5O2S2-. The molecule has 2 aromatic rings. The summed E-state index contributed by atoms with van der Waals surface area (Å²) in [5.41, 5.74) is 0.0680. The van der Waals surface area contributed by atoms with E-state index in [1.54, 1.807) is 18.2 Å². The van der Waals surface area contributed by atoms with Crippen LogP contribution in [-0.4, -0.2) is 5.97 Å². The number of carbonyl (C=O) groups excluding carboxylic acids is 1. The molecule has 0 spiro atoms. The van der Waals surface area contributed by atoms with E-state index in [9.17, 15) is 9.90 Å². The van der Waals surface area contributed by atoms with Gasteiger partial charge in [-0.2, -0.15) is 0 Å². The molecule has 2 aromatic carbocycles. The second-order valence-corrected chi connectivity index (χ2v) is 7.92. The Morgan fingerprint density at radius 3 is 1.86 bits per heavy atom. The van der Waals surface area contributed by atoms with Crippen LogP contribution in [0.5, 0.6) is 0 Å². The molecule has 0 aliphatic heterocycles. The van der Waals surface area contributed by atoms with Crippen LogP contribution in [0.3, 0.4) is 0 Å². The van der Waals surface area contributed by atoms with Crippen molar-refractivity contribution in [3.8, 4) is 0 Å². The Kier molecular flexibility index (Phi) is 6.48. The third kappa shape index (κ3) is 3.75. The minimum absolute atomic E-state index is 0.0680. The minimum atomic E-state index is -1.27. The predicted molar refractivity (Wildman–Crippen MR) is 94.0 cm³/mol. The molecule has 0 heterocycles. The molecule has 0 N–H and O–H groups in total. The van der Waals surface area contributed by atoms with Crippen molar-refractivity contribution in [2.24, 2.45) is 0 Å². The van der Waals surface area contributed by atoms with Crippen molar-refractivity contribution < 1.29 is 9.90 Å². The molecule has 0 atom stereocenters. The molecule has 0 unspecified atom stereocenters. The van der Waals surface area contributed by atoms with Crippen LogP contribution in [0.1, 0.15) is 10.4 Å². The molecule has 0 fully saturated rings. The zero-order valence-corrected chi connectivity index (χ0v) is 15.7. The van der Waals surface area contributed by atoms with Crippen LogP contribution in [0.15, 0.2) is 34.1 Å². The van der Waals surface area contributed by atoms with Gasteiger partial charge in [-0.15, -0.1) is 0 Å². The fraction of sp³-hybridized carbons (Fsp3) is 0. The van der Waals surface area contributed by atoms with Gasteiger partial charge in [0.1, 0.15) is 0 Å². The van der Waals surface area contributed by atoms with Crippen molar-refractivity contribution in [2.75, 3.05) is 0 Å². The van der Waals surface area contributed by atoms with Crippen LogP contribution in [0.25, 0.3) is 0 Å². The SMILES string of the molecule is O=C([O-])c1ccccc1SSc1c(Cl)c(Cl)c(Cl)c(Cl)c1Cl. The molecule has 0 aliphatic rings. The molecule has 0 radical (unpaired) electrons. The Balaban J connectivity index is 2.36. The van der Waals surface area contributed by atoms with E-state index < -0.39 is 5.97 Å². The zero-order valence-electron chi connectivity index (χ0n) is 10.3. The first-order valence-electron chi connectivity index (χ1n) is 5.51. The van der Waals surface area contributed by atoms with E-state index >= 15 is 0 Å². The first-order valence-corrected chi connectivity index (χ1v) is 9.55. The molecule has 2 nitrogen and oxygen atoms in total. The predicted octanol–water partition coefficient (Wildman–Crippen LogP) is 6.12. The van der Waals surface area contributed by atoms with Crippen molar-refractivity contribution >= 4 is 85.6 Å². The lowest BCUT2D eigenvalue weighted by molar-refractivity contribution is -0.255. The summed E-state index contributed by atoms with van der Waals surface area (Å²) in [6.45, 7) is 0. The highest BCUT2D eigenvalue weighted by atomic mass is 35.5. The van der Waals surface area contributed by atoms with Gasteiger partial charge in [0.25, 0.3) is 0 Å². The normalized spacial score (nSPS) is 10.8. The minimum Gasteiger partial charge on any atom is -0.545 e. The van der Waals surface area contributed by atoms with Crippen molar-refractivity contribution in [2.45, 2.75) is 9.79 Å². The van der Waals surface area contributed by atoms with E-state index in [2.05, 4.69) is 0 Å². The highest BCUT2D eigenvalue weighted by Gasteiger charge is 2.20. The smallest absolute Gasteiger partial charge is 0.0809 e. The number of carboxylic acid groups (broad SMARTS) is 1. The van der Waals surface area contributed by atoms with Crippen molar-refractivity contribution in [1.82, 2.24) is 0 Å². The van der Waals surface area contributed by atoms with E-state index in [0.717, 1.165) is 21.6 Å². The van der Waals surface area contributed by atoms with E-state index in [1.165, 1.54) is 6.07 Å². The largest absolute Gasteiger partial charge is 0.545 e. The molecule has 116 valence electrons. The summed E-state index contributed by atoms with van der Waals surface area (Å²) >= 11 is 30.1. The summed E-state index contributed by atoms with van der Waals surface area (Å²) < 4.78 is 0. The number of hydrogen-bond donors (Lipinski definition) is 0. The van der Waals surface area contributed by atoms with Gasteiger partial charge in [0.05, 0.1) is 36.0 Å². The van der Waals surface area contributed by atoms with Gasteiger partial charge in [-0.3, -0.25) is 0 Å². The summed E-state index contributed by atoms with van der Waals surface area (Å²) in [5, 5.41) is 11.6. The Bertz CT molecular complexity index is 722. The summed E-state index contributed by atoms with van der Waals surface area (Å²) in [4.78, 5) is 12.0. The fourth-order valence-corrected chi connectivity index (χ4v) is 5.56. The van der Waals surface area contributed by atoms with Crippen LogP contribution in [0, 0.1) is 0 Å². The molecule has 0 amide bonds. The Morgan fingerprint density at radius 2 is 1.32 bits per heavy atom. The molecule has 0 saturated heterocycles. The number of hydrogen-bond acceptors (Lipinski definition) is 4. The summed E-state index contributed by atoms with van der Waals surface area (Å²) in [6.07, 6.45) is 0. The van der Waals surface area contributed by atoms with Gasteiger partial charge in [-0.25, -0.2) is 0 Å². The molecule has 0 bridgehead atoms. The summed E-state index contributed by atoms with van der Waals surface area (Å²) in [5.74, 6) is -1.27. The first kappa shape index (κ1) is 18.4. The standard InChI is InChI=1S/C13H5Cl5O2S2/c14-7-8(15)10(17)12(11(18)9(7)16)22-21-6-4-2-1-3-5(6)13(19)20/h1-4H,(H,19,20)/p-1. The second-order valence-electron chi connectivity index (χ2n) is 3.85. The Morgan fingerprint density at radius 1 is 0.818 bits per heavy atom. The first-order chi connectivity index (χ1) is 10.3. The van der Waals surface area contributed by atoms with E-state index in [0.29, 0.717) is 9.79 Å². The summed E-state index contributed by atoms with van der Waals surface area (Å²) in [7, 11) is 2.28. The van der Waals surface area contributed by atoms with Gasteiger partial charge >= 0.3 is 0 Å². The average Bonchev–Trinajstić information content (AvgIpc) is 2.51. The lowest BCUT2D eigenvalue weighted by atomic mass is 10.2. The molecule has 0 aliphatic carbocycles. The van der Waals surface area contributed by atoms with Crippen LogP contribution in [0.2, 0.25) is 25.1 Å². The lowest BCUT2D eigenvalue weighted by Gasteiger charge is -2.13. The Hall–Kier alpha value is 0.0600. The fourth-order valence-electron chi connectivity index (χ4n) is 1.45. The number of halogens is 5. The number of aromatic carboxylic acids is 1. The molecule has 22 heavy (non-hydrogen) atoms. The number of rotatable bonds is 4. The quantitative estimate of drug-likeness (QED) is 0.331. The molecule has 0 saturated carbocycles. The van der Waals surface area contributed by atoms with Crippen molar-refractivity contribution in [3.63, 3.8) is 0 Å². The van der Waals surface area contributed by atoms with Crippen LogP contribution in [0.4, 0.5) is 0 Å². The van der Waals surface area contributed by atoms with Gasteiger partial charge in [0.2, 0.25) is 0 Å². The van der Waals surface area contributed by atoms with E-state index in [1.807, 2.05) is 0 Å². The zero-order chi connectivity index (χ0) is 16.4. The average molecular weight is 434 g/mol. The van der Waals surface area contributed by atoms with Crippen molar-refractivity contribution in [1.29, 1.82) is 0 Å². The van der Waals surface area contributed by atoms with Gasteiger partial charge < -0.3 is 9.90 Å². The van der Waals surface area contributed by atoms with Crippen LogP contribution < -0.4 is 5.11 Å². The second kappa shape index (κ2) is 7.75. The highest BCUT2D eigenvalue weighted by molar-refractivity contribution is 8.76. The van der Waals surface area contributed by atoms with Crippen molar-refractivity contribution in [3.05, 3.63) is 54.9 Å². The monoisotopic (exact) mass is 431 g/mol. The van der Waals surface area contributed by atoms with Crippen LogP contribution in [-0.2, 0) is 0 Å². The Labute approximate surface area is 159 Å². The maximum atomic E-state index is 11.1. The maximum absolute atomic E-state index is 11.1. The van der Waals surface area contributed by atoms with E-state index in [4.69, 9.17) is 58.0 Å². The molecule has 9 heteroatoms. The highest BCUT2D eigenvalue weighted by Crippen LogP contribution is 2.52. The number of benzene rings is 2. The third-order valence-corrected chi connectivity index (χ3v) is 7.47. The summed E-state index contributed by atoms with van der Waals surface area (Å²) in [6, 6.07) is 6.41. The molecular weight excluding hydrogens is 430 g/mol. The third-order valence-electron chi connectivity index (χ3n) is 2.49. The molecule has 0 aromatic heterocycles. The van der Waals surface area contributed by atoms with Crippen LogP contribution >= 0.6 is 79.6 Å². The van der Waals surface area contributed by atoms with Gasteiger partial charge in [0, 0.05) is 10.5 Å². The van der Waals surface area contributed by atoms with Gasteiger partial charge in [-0.05, 0) is 16.9 Å². The maximum Gasteiger partial charge on any atom is 0.0809 e. The molecule has 2 rings (SSSR count). The topological polar surface area (TPSA) is 40.1 Å². The van der Waals surface area contributed by atoms with Gasteiger partial charge in [-0.1, -0.05) is 87.0 Å². The number of carboxylic acids is 1. The van der Waals surface area contributed by atoms with Gasteiger partial charge in [0.15, 0.2) is 0 Å². The lowest BCUT2D eigenvalue weighted by Crippen LogP contribution is -2.22. The van der Waals surface area contributed by atoms with E-state index in [-0.39, 0.29) is 30.7 Å².